The van der Waals surface area contributed by atoms with Crippen molar-refractivity contribution in [1.29, 1.82) is 0 Å². The van der Waals surface area contributed by atoms with Crippen molar-refractivity contribution in [2.24, 2.45) is 0 Å². The van der Waals surface area contributed by atoms with Crippen molar-refractivity contribution >= 4 is 5.97 Å². The normalized spacial score (nSPS) is 10.8. The summed E-state index contributed by atoms with van der Waals surface area (Å²) >= 11 is 0. The first-order valence-corrected chi connectivity index (χ1v) is 9.26. The third-order valence-corrected chi connectivity index (χ3v) is 4.61. The highest BCUT2D eigenvalue weighted by atomic mass is 16.5. The minimum absolute atomic E-state index is 0.0659. The molecule has 0 spiro atoms. The van der Waals surface area contributed by atoms with Crippen LogP contribution in [0.3, 0.4) is 0 Å². The molecule has 4 rings (SSSR count). The van der Waals surface area contributed by atoms with E-state index in [1.807, 2.05) is 79.2 Å². The number of esters is 1. The van der Waals surface area contributed by atoms with Crippen LogP contribution in [0.15, 0.2) is 65.1 Å². The Balaban J connectivity index is 1.41. The van der Waals surface area contributed by atoms with Crippen molar-refractivity contribution in [2.75, 3.05) is 0 Å². The van der Waals surface area contributed by atoms with Crippen LogP contribution in [-0.2, 0) is 22.6 Å². The van der Waals surface area contributed by atoms with Gasteiger partial charge in [-0.1, -0.05) is 36.4 Å². The van der Waals surface area contributed by atoms with Gasteiger partial charge >= 0.3 is 5.97 Å². The van der Waals surface area contributed by atoms with Gasteiger partial charge in [0.1, 0.15) is 0 Å². The highest BCUT2D eigenvalue weighted by Crippen LogP contribution is 2.20. The van der Waals surface area contributed by atoms with Gasteiger partial charge in [-0.2, -0.15) is 5.10 Å². The maximum atomic E-state index is 12.4. The Labute approximate surface area is 168 Å². The Kier molecular flexibility index (Phi) is 5.20. The van der Waals surface area contributed by atoms with Gasteiger partial charge in [0.15, 0.2) is 6.61 Å². The number of carbonyl (C=O) groups excluding carboxylic acids is 1. The number of nitrogens with zero attached hydrogens (tertiary/aromatic N) is 4. The highest BCUT2D eigenvalue weighted by molar-refractivity contribution is 5.73. The fraction of sp³-hybridized carbons (Fsp3) is 0.182. The second-order valence-electron chi connectivity index (χ2n) is 6.60. The summed E-state index contributed by atoms with van der Waals surface area (Å²) in [6.07, 6.45) is 0.129. The van der Waals surface area contributed by atoms with E-state index in [0.29, 0.717) is 5.89 Å². The number of rotatable bonds is 6. The van der Waals surface area contributed by atoms with Gasteiger partial charge in [-0.15, -0.1) is 10.2 Å². The van der Waals surface area contributed by atoms with Gasteiger partial charge in [0.05, 0.1) is 17.8 Å². The summed E-state index contributed by atoms with van der Waals surface area (Å²) in [5.74, 6) is 0.279. The molecule has 7 heteroatoms. The maximum Gasteiger partial charge on any atom is 0.310 e. The van der Waals surface area contributed by atoms with E-state index in [4.69, 9.17) is 9.15 Å². The van der Waals surface area contributed by atoms with E-state index >= 15 is 0 Å². The molecule has 0 aliphatic rings. The van der Waals surface area contributed by atoms with Crippen molar-refractivity contribution in [1.82, 2.24) is 20.0 Å². The van der Waals surface area contributed by atoms with E-state index in [9.17, 15) is 4.79 Å². The van der Waals surface area contributed by atoms with Crippen molar-refractivity contribution in [3.63, 3.8) is 0 Å². The van der Waals surface area contributed by atoms with Crippen molar-refractivity contribution < 1.29 is 13.9 Å². The minimum Gasteiger partial charge on any atom is -0.455 e. The van der Waals surface area contributed by atoms with Crippen LogP contribution in [-0.4, -0.2) is 25.9 Å². The average molecular weight is 388 g/mol. The molecule has 0 saturated heterocycles. The van der Waals surface area contributed by atoms with Crippen molar-refractivity contribution in [3.05, 3.63) is 83.5 Å². The lowest BCUT2D eigenvalue weighted by molar-refractivity contribution is -0.144. The molecule has 0 unspecified atom stereocenters. The van der Waals surface area contributed by atoms with E-state index in [1.165, 1.54) is 0 Å². The molecule has 2 heterocycles. The van der Waals surface area contributed by atoms with Gasteiger partial charge < -0.3 is 9.15 Å². The predicted octanol–water partition coefficient (Wildman–Crippen LogP) is 3.83. The van der Waals surface area contributed by atoms with Crippen LogP contribution in [0.1, 0.15) is 22.8 Å². The number of para-hydroxylation sites is 1. The van der Waals surface area contributed by atoms with E-state index in [0.717, 1.165) is 28.2 Å². The van der Waals surface area contributed by atoms with Gasteiger partial charge in [0, 0.05) is 16.8 Å². The lowest BCUT2D eigenvalue weighted by atomic mass is 10.1. The highest BCUT2D eigenvalue weighted by Gasteiger charge is 2.18. The molecule has 0 N–H and O–H groups in total. The number of hydrogen-bond acceptors (Lipinski definition) is 6. The molecule has 0 aliphatic heterocycles. The molecular formula is C22H20N4O3. The molecule has 2 aromatic carbocycles. The first-order valence-electron chi connectivity index (χ1n) is 9.26. The quantitative estimate of drug-likeness (QED) is 0.467. The second kappa shape index (κ2) is 8.10. The van der Waals surface area contributed by atoms with E-state index in [2.05, 4.69) is 15.3 Å². The third-order valence-electron chi connectivity index (χ3n) is 4.61. The molecule has 0 bridgehead atoms. The SMILES string of the molecule is Cc1nn(-c2ccccc2)c(C)c1CC(=O)OCc1nnc(-c2ccccc2)o1. The van der Waals surface area contributed by atoms with Crippen molar-refractivity contribution in [2.45, 2.75) is 26.9 Å². The fourth-order valence-corrected chi connectivity index (χ4v) is 3.10. The lowest BCUT2D eigenvalue weighted by Crippen LogP contribution is -2.09. The number of hydrogen-bond donors (Lipinski definition) is 0. The average Bonchev–Trinajstić information content (AvgIpc) is 3.34. The summed E-state index contributed by atoms with van der Waals surface area (Å²) < 4.78 is 12.7. The van der Waals surface area contributed by atoms with Gasteiger partial charge in [-0.25, -0.2) is 4.68 Å². The molecule has 0 atom stereocenters. The smallest absolute Gasteiger partial charge is 0.310 e. The molecule has 0 saturated carbocycles. The van der Waals surface area contributed by atoms with Gasteiger partial charge in [-0.3, -0.25) is 4.79 Å². The zero-order chi connectivity index (χ0) is 20.2. The van der Waals surface area contributed by atoms with Gasteiger partial charge in [0.25, 0.3) is 5.89 Å². The zero-order valence-electron chi connectivity index (χ0n) is 16.2. The fourth-order valence-electron chi connectivity index (χ4n) is 3.10. The van der Waals surface area contributed by atoms with Crippen LogP contribution >= 0.6 is 0 Å². The Hall–Kier alpha value is -3.74. The van der Waals surface area contributed by atoms with Crippen LogP contribution < -0.4 is 0 Å². The predicted molar refractivity (Wildman–Crippen MR) is 106 cm³/mol. The lowest BCUT2D eigenvalue weighted by Gasteiger charge is -2.05. The van der Waals surface area contributed by atoms with Crippen LogP contribution in [0.5, 0.6) is 0 Å². The van der Waals surface area contributed by atoms with Crippen LogP contribution in [0.2, 0.25) is 0 Å². The molecule has 0 radical (unpaired) electrons. The zero-order valence-corrected chi connectivity index (χ0v) is 16.2. The summed E-state index contributed by atoms with van der Waals surface area (Å²) in [6, 6.07) is 19.2. The summed E-state index contributed by atoms with van der Waals surface area (Å²) in [6.45, 7) is 3.77. The van der Waals surface area contributed by atoms with Crippen LogP contribution in [0.25, 0.3) is 17.1 Å². The first kappa shape index (κ1) is 18.6. The minimum atomic E-state index is -0.372. The summed E-state index contributed by atoms with van der Waals surface area (Å²) in [5.41, 5.74) is 4.33. The molecule has 4 aromatic rings. The van der Waals surface area contributed by atoms with Crippen LogP contribution in [0.4, 0.5) is 0 Å². The number of aromatic nitrogens is 4. The van der Waals surface area contributed by atoms with Gasteiger partial charge in [-0.05, 0) is 38.1 Å². The summed E-state index contributed by atoms with van der Waals surface area (Å²) in [7, 11) is 0. The molecule has 146 valence electrons. The van der Waals surface area contributed by atoms with Crippen LogP contribution in [0, 0.1) is 13.8 Å². The Morgan fingerprint density at radius 3 is 2.41 bits per heavy atom. The van der Waals surface area contributed by atoms with E-state index < -0.39 is 0 Å². The molecular weight excluding hydrogens is 368 g/mol. The number of benzene rings is 2. The summed E-state index contributed by atoms with van der Waals surface area (Å²) in [5, 5.41) is 12.5. The Morgan fingerprint density at radius 1 is 1.00 bits per heavy atom. The summed E-state index contributed by atoms with van der Waals surface area (Å²) in [4.78, 5) is 12.4. The Morgan fingerprint density at radius 2 is 1.69 bits per heavy atom. The molecule has 0 aliphatic carbocycles. The monoisotopic (exact) mass is 388 g/mol. The number of ether oxygens (including phenoxy) is 1. The third kappa shape index (κ3) is 4.08. The van der Waals surface area contributed by atoms with Gasteiger partial charge in [0.2, 0.25) is 5.89 Å². The van der Waals surface area contributed by atoms with E-state index in [1.54, 1.807) is 0 Å². The van der Waals surface area contributed by atoms with Crippen molar-refractivity contribution in [3.8, 4) is 17.1 Å². The maximum absolute atomic E-state index is 12.4. The molecule has 7 nitrogen and oxygen atoms in total. The Bertz CT molecular complexity index is 1120. The standard InChI is InChI=1S/C22H20N4O3/c1-15-19(16(2)26(25-15)18-11-7-4-8-12-18)13-21(27)28-14-20-23-24-22(29-20)17-9-5-3-6-10-17/h3-12H,13-14H2,1-2H3. The first-order chi connectivity index (χ1) is 14.1. The van der Waals surface area contributed by atoms with E-state index in [-0.39, 0.29) is 24.9 Å². The molecule has 0 amide bonds. The topological polar surface area (TPSA) is 83.0 Å². The second-order valence-corrected chi connectivity index (χ2v) is 6.60. The molecule has 0 fully saturated rings. The largest absolute Gasteiger partial charge is 0.455 e. The number of carbonyl (C=O) groups is 1. The number of aryl methyl sites for hydroxylation is 1. The molecule has 2 aromatic heterocycles. The molecule has 29 heavy (non-hydrogen) atoms.